The van der Waals surface area contributed by atoms with E-state index in [4.69, 9.17) is 0 Å². The third-order valence-electron chi connectivity index (χ3n) is 3.39. The molecular formula is C12H23N3. The molecule has 1 saturated heterocycles. The van der Waals surface area contributed by atoms with E-state index in [9.17, 15) is 5.26 Å². The van der Waals surface area contributed by atoms with Crippen LogP contribution in [-0.2, 0) is 0 Å². The molecule has 0 amide bonds. The van der Waals surface area contributed by atoms with Crippen molar-refractivity contribution in [3.8, 4) is 6.07 Å². The van der Waals surface area contributed by atoms with Crippen LogP contribution in [0.15, 0.2) is 0 Å². The van der Waals surface area contributed by atoms with Crippen molar-refractivity contribution >= 4 is 0 Å². The van der Waals surface area contributed by atoms with Crippen LogP contribution in [0.4, 0.5) is 0 Å². The first kappa shape index (κ1) is 12.5. The summed E-state index contributed by atoms with van der Waals surface area (Å²) in [7, 11) is 0. The fourth-order valence-electron chi connectivity index (χ4n) is 2.36. The molecular weight excluding hydrogens is 186 g/mol. The van der Waals surface area contributed by atoms with Crippen LogP contribution >= 0.6 is 0 Å². The van der Waals surface area contributed by atoms with E-state index in [2.05, 4.69) is 30.1 Å². The van der Waals surface area contributed by atoms with Gasteiger partial charge in [-0.15, -0.1) is 0 Å². The van der Waals surface area contributed by atoms with Crippen LogP contribution in [-0.4, -0.2) is 35.6 Å². The Morgan fingerprint density at radius 1 is 1.53 bits per heavy atom. The molecule has 1 atom stereocenters. The molecule has 3 nitrogen and oxygen atoms in total. The van der Waals surface area contributed by atoms with E-state index in [1.807, 2.05) is 13.8 Å². The minimum Gasteiger partial charge on any atom is -0.299 e. The maximum Gasteiger partial charge on any atom is 0.116 e. The van der Waals surface area contributed by atoms with Gasteiger partial charge < -0.3 is 0 Å². The molecule has 1 N–H and O–H groups in total. The van der Waals surface area contributed by atoms with E-state index in [0.717, 1.165) is 19.6 Å². The average molecular weight is 209 g/mol. The van der Waals surface area contributed by atoms with Gasteiger partial charge in [-0.05, 0) is 46.7 Å². The Kier molecular flexibility index (Phi) is 3.75. The molecule has 0 aromatic rings. The smallest absolute Gasteiger partial charge is 0.116 e. The Morgan fingerprint density at radius 2 is 2.20 bits per heavy atom. The molecule has 1 aliphatic rings. The molecule has 0 aromatic carbocycles. The van der Waals surface area contributed by atoms with Crippen molar-refractivity contribution in [2.24, 2.45) is 0 Å². The van der Waals surface area contributed by atoms with Gasteiger partial charge >= 0.3 is 0 Å². The van der Waals surface area contributed by atoms with Gasteiger partial charge in [0, 0.05) is 12.1 Å². The van der Waals surface area contributed by atoms with E-state index >= 15 is 0 Å². The van der Waals surface area contributed by atoms with Gasteiger partial charge in [-0.2, -0.15) is 5.26 Å². The molecule has 15 heavy (non-hydrogen) atoms. The average Bonchev–Trinajstić information content (AvgIpc) is 2.46. The Bertz CT molecular complexity index is 254. The van der Waals surface area contributed by atoms with Crippen molar-refractivity contribution in [3.63, 3.8) is 0 Å². The first-order chi connectivity index (χ1) is 6.93. The highest BCUT2D eigenvalue weighted by Crippen LogP contribution is 2.29. The number of likely N-dealkylation sites (tertiary alicyclic amines) is 1. The minimum absolute atomic E-state index is 0.257. The quantitative estimate of drug-likeness (QED) is 0.766. The second-order valence-electron chi connectivity index (χ2n) is 5.31. The van der Waals surface area contributed by atoms with Gasteiger partial charge in [0.15, 0.2) is 0 Å². The van der Waals surface area contributed by atoms with Crippen molar-refractivity contribution in [2.45, 2.75) is 51.6 Å². The van der Waals surface area contributed by atoms with Crippen LogP contribution < -0.4 is 5.32 Å². The van der Waals surface area contributed by atoms with Gasteiger partial charge in [-0.25, -0.2) is 0 Å². The van der Waals surface area contributed by atoms with Gasteiger partial charge in [-0.1, -0.05) is 6.92 Å². The molecule has 0 bridgehead atoms. The lowest BCUT2D eigenvalue weighted by atomic mass is 9.98. The summed E-state index contributed by atoms with van der Waals surface area (Å²) in [5.74, 6) is 0. The summed E-state index contributed by atoms with van der Waals surface area (Å²) in [6.45, 7) is 11.4. The maximum absolute atomic E-state index is 9.21. The normalized spacial score (nSPS) is 24.7. The summed E-state index contributed by atoms with van der Waals surface area (Å²) in [4.78, 5) is 2.43. The molecule has 0 saturated carbocycles. The van der Waals surface area contributed by atoms with Gasteiger partial charge in [-0.3, -0.25) is 10.2 Å². The van der Waals surface area contributed by atoms with Gasteiger partial charge in [0.05, 0.1) is 6.07 Å². The lowest BCUT2D eigenvalue weighted by Crippen LogP contribution is -2.53. The number of nitrogens with zero attached hydrogens (tertiary/aromatic N) is 2. The predicted molar refractivity (Wildman–Crippen MR) is 62.6 cm³/mol. The zero-order valence-electron chi connectivity index (χ0n) is 10.4. The third kappa shape index (κ3) is 2.93. The van der Waals surface area contributed by atoms with Crippen LogP contribution in [0.1, 0.15) is 40.5 Å². The number of nitriles is 1. The monoisotopic (exact) mass is 209 g/mol. The largest absolute Gasteiger partial charge is 0.299 e. The molecule has 1 fully saturated rings. The highest BCUT2D eigenvalue weighted by atomic mass is 15.2. The molecule has 86 valence electrons. The summed E-state index contributed by atoms with van der Waals surface area (Å²) in [5.41, 5.74) is -0.149. The molecule has 0 aromatic heterocycles. The predicted octanol–water partition coefficient (Wildman–Crippen LogP) is 1.75. The van der Waals surface area contributed by atoms with Crippen LogP contribution in [0, 0.1) is 11.3 Å². The molecule has 0 spiro atoms. The zero-order valence-corrected chi connectivity index (χ0v) is 10.4. The van der Waals surface area contributed by atoms with E-state index in [-0.39, 0.29) is 5.54 Å². The second kappa shape index (κ2) is 4.51. The number of likely N-dealkylation sites (N-methyl/N-ethyl adjacent to an activating group) is 1. The lowest BCUT2D eigenvalue weighted by Gasteiger charge is -2.36. The van der Waals surface area contributed by atoms with E-state index in [1.165, 1.54) is 12.8 Å². The number of hydrogen-bond donors (Lipinski definition) is 1. The molecule has 0 aliphatic carbocycles. The van der Waals surface area contributed by atoms with Gasteiger partial charge in [0.2, 0.25) is 0 Å². The molecule has 1 aliphatic heterocycles. The third-order valence-corrected chi connectivity index (χ3v) is 3.39. The summed E-state index contributed by atoms with van der Waals surface area (Å²) in [6.07, 6.45) is 2.49. The van der Waals surface area contributed by atoms with E-state index in [0.29, 0.717) is 0 Å². The first-order valence-electron chi connectivity index (χ1n) is 5.85. The minimum atomic E-state index is -0.406. The number of rotatable bonds is 4. The Balaban J connectivity index is 2.64. The van der Waals surface area contributed by atoms with Gasteiger partial charge in [0.1, 0.15) is 5.54 Å². The molecule has 1 unspecified atom stereocenters. The van der Waals surface area contributed by atoms with Crippen LogP contribution in [0.25, 0.3) is 0 Å². The SMILES string of the molecule is CCNC(C)(C#N)CN1CCCC1(C)C. The highest BCUT2D eigenvalue weighted by Gasteiger charge is 2.36. The highest BCUT2D eigenvalue weighted by molar-refractivity contribution is 5.07. The van der Waals surface area contributed by atoms with Crippen molar-refractivity contribution in [3.05, 3.63) is 0 Å². The number of hydrogen-bond acceptors (Lipinski definition) is 3. The Morgan fingerprint density at radius 3 is 2.60 bits per heavy atom. The zero-order chi connectivity index (χ0) is 11.5. The van der Waals surface area contributed by atoms with Crippen molar-refractivity contribution in [1.29, 1.82) is 5.26 Å². The molecule has 0 radical (unpaired) electrons. The lowest BCUT2D eigenvalue weighted by molar-refractivity contribution is 0.143. The second-order valence-corrected chi connectivity index (χ2v) is 5.31. The van der Waals surface area contributed by atoms with Crippen LogP contribution in [0.3, 0.4) is 0 Å². The Labute approximate surface area is 93.5 Å². The first-order valence-corrected chi connectivity index (χ1v) is 5.85. The van der Waals surface area contributed by atoms with Gasteiger partial charge in [0.25, 0.3) is 0 Å². The maximum atomic E-state index is 9.21. The fourth-order valence-corrected chi connectivity index (χ4v) is 2.36. The van der Waals surface area contributed by atoms with Crippen LogP contribution in [0.2, 0.25) is 0 Å². The van der Waals surface area contributed by atoms with Crippen molar-refractivity contribution < 1.29 is 0 Å². The summed E-state index contributed by atoms with van der Waals surface area (Å²) in [5, 5.41) is 12.5. The van der Waals surface area contributed by atoms with Crippen molar-refractivity contribution in [2.75, 3.05) is 19.6 Å². The molecule has 1 heterocycles. The van der Waals surface area contributed by atoms with Crippen LogP contribution in [0.5, 0.6) is 0 Å². The van der Waals surface area contributed by atoms with Crippen molar-refractivity contribution in [1.82, 2.24) is 10.2 Å². The summed E-state index contributed by atoms with van der Waals surface area (Å²) < 4.78 is 0. The molecule has 3 heteroatoms. The van der Waals surface area contributed by atoms with E-state index < -0.39 is 5.54 Å². The fraction of sp³-hybridized carbons (Fsp3) is 0.917. The standard InChI is InChI=1S/C12H23N3/c1-5-14-12(4,9-13)10-15-8-6-7-11(15,2)3/h14H,5-8,10H2,1-4H3. The Hall–Kier alpha value is -0.590. The van der Waals surface area contributed by atoms with E-state index in [1.54, 1.807) is 0 Å². The summed E-state index contributed by atoms with van der Waals surface area (Å²) in [6, 6.07) is 2.39. The summed E-state index contributed by atoms with van der Waals surface area (Å²) >= 11 is 0. The topological polar surface area (TPSA) is 39.1 Å². The number of nitrogens with one attached hydrogen (secondary N) is 1. The molecule has 1 rings (SSSR count).